The molecule has 0 heterocycles. The van der Waals surface area contributed by atoms with Crippen LogP contribution in [0.2, 0.25) is 0 Å². The third-order valence-corrected chi connectivity index (χ3v) is 3.70. The fraction of sp³-hybridized carbons (Fsp3) is 0.364. The monoisotopic (exact) mass is 244 g/mol. The van der Waals surface area contributed by atoms with Gasteiger partial charge in [0.1, 0.15) is 9.75 Å². The standard InChI is InChI=1S/C11H10Cl2O2/c1-15-9(14)10(7-11(10,12)13)8-5-3-2-4-6-8/h2-6H,7H2,1H3/t10-/m0/s1. The summed E-state index contributed by atoms with van der Waals surface area (Å²) in [5.41, 5.74) is -0.0755. The van der Waals surface area contributed by atoms with Gasteiger partial charge in [-0.15, -0.1) is 0 Å². The van der Waals surface area contributed by atoms with Gasteiger partial charge in [-0.1, -0.05) is 53.5 Å². The zero-order chi connectivity index (χ0) is 11.1. The molecule has 1 atom stereocenters. The van der Waals surface area contributed by atoms with Crippen molar-refractivity contribution >= 4 is 29.2 Å². The van der Waals surface area contributed by atoms with Crippen LogP contribution in [0.4, 0.5) is 0 Å². The summed E-state index contributed by atoms with van der Waals surface area (Å²) in [5.74, 6) is -0.376. The second-order valence-corrected chi connectivity index (χ2v) is 5.13. The molecule has 1 saturated carbocycles. The molecule has 1 aromatic rings. The molecule has 0 aliphatic heterocycles. The second kappa shape index (κ2) is 3.39. The summed E-state index contributed by atoms with van der Waals surface area (Å²) in [7, 11) is 1.34. The van der Waals surface area contributed by atoms with E-state index >= 15 is 0 Å². The highest BCUT2D eigenvalue weighted by Crippen LogP contribution is 2.65. The predicted molar refractivity (Wildman–Crippen MR) is 59.2 cm³/mol. The van der Waals surface area contributed by atoms with Crippen LogP contribution in [-0.4, -0.2) is 17.4 Å². The average Bonchev–Trinajstić information content (AvgIpc) is 2.83. The SMILES string of the molecule is COC(=O)[C@@]1(c2ccccc2)CC1(Cl)Cl. The maximum atomic E-state index is 11.7. The van der Waals surface area contributed by atoms with Gasteiger partial charge in [0, 0.05) is 6.42 Å². The Hall–Kier alpha value is -0.730. The fourth-order valence-electron chi connectivity index (χ4n) is 1.84. The Bertz CT molecular complexity index is 389. The molecule has 0 radical (unpaired) electrons. The van der Waals surface area contributed by atoms with Crippen LogP contribution in [0.5, 0.6) is 0 Å². The predicted octanol–water partition coefficient (Wildman–Crippen LogP) is 2.68. The van der Waals surface area contributed by atoms with E-state index in [9.17, 15) is 4.79 Å². The summed E-state index contributed by atoms with van der Waals surface area (Å²) in [6.45, 7) is 0. The highest BCUT2D eigenvalue weighted by molar-refractivity contribution is 6.54. The first-order chi connectivity index (χ1) is 7.04. The molecule has 1 aliphatic rings. The molecule has 4 heteroatoms. The number of ether oxygens (including phenoxy) is 1. The lowest BCUT2D eigenvalue weighted by atomic mass is 9.96. The van der Waals surface area contributed by atoms with Crippen LogP contribution in [-0.2, 0) is 14.9 Å². The van der Waals surface area contributed by atoms with Gasteiger partial charge >= 0.3 is 5.97 Å². The molecule has 0 spiro atoms. The number of alkyl halides is 2. The minimum absolute atomic E-state index is 0.376. The number of hydrogen-bond donors (Lipinski definition) is 0. The van der Waals surface area contributed by atoms with Crippen molar-refractivity contribution < 1.29 is 9.53 Å². The lowest BCUT2D eigenvalue weighted by Crippen LogP contribution is -2.27. The number of halogens is 2. The number of esters is 1. The fourth-order valence-corrected chi connectivity index (χ4v) is 2.61. The van der Waals surface area contributed by atoms with Gasteiger partial charge in [-0.05, 0) is 5.56 Å². The Morgan fingerprint density at radius 3 is 2.27 bits per heavy atom. The Balaban J connectivity index is 2.44. The van der Waals surface area contributed by atoms with Crippen LogP contribution in [0.1, 0.15) is 12.0 Å². The third-order valence-electron chi connectivity index (χ3n) is 2.79. The lowest BCUT2D eigenvalue weighted by molar-refractivity contribution is -0.143. The maximum absolute atomic E-state index is 11.7. The van der Waals surface area contributed by atoms with E-state index < -0.39 is 9.75 Å². The van der Waals surface area contributed by atoms with Gasteiger partial charge in [-0.25, -0.2) is 0 Å². The first kappa shape index (κ1) is 10.8. The van der Waals surface area contributed by atoms with E-state index in [1.54, 1.807) is 0 Å². The van der Waals surface area contributed by atoms with Gasteiger partial charge in [-0.3, -0.25) is 4.79 Å². The van der Waals surface area contributed by atoms with Crippen molar-refractivity contribution in [3.63, 3.8) is 0 Å². The van der Waals surface area contributed by atoms with Gasteiger partial charge < -0.3 is 4.74 Å². The third kappa shape index (κ3) is 1.44. The number of rotatable bonds is 2. The second-order valence-electron chi connectivity index (χ2n) is 3.64. The van der Waals surface area contributed by atoms with Gasteiger partial charge in [0.15, 0.2) is 0 Å². The summed E-state index contributed by atoms with van der Waals surface area (Å²) in [6, 6.07) is 9.25. The highest BCUT2D eigenvalue weighted by atomic mass is 35.5. The van der Waals surface area contributed by atoms with E-state index in [1.165, 1.54) is 7.11 Å². The zero-order valence-electron chi connectivity index (χ0n) is 8.17. The summed E-state index contributed by atoms with van der Waals surface area (Å²) >= 11 is 12.1. The van der Waals surface area contributed by atoms with E-state index in [0.29, 0.717) is 6.42 Å². The molecule has 80 valence electrons. The van der Waals surface area contributed by atoms with Crippen LogP contribution < -0.4 is 0 Å². The molecule has 2 nitrogen and oxygen atoms in total. The molecular formula is C11H10Cl2O2. The van der Waals surface area contributed by atoms with Gasteiger partial charge in [0.25, 0.3) is 0 Å². The number of benzene rings is 1. The molecule has 0 N–H and O–H groups in total. The lowest BCUT2D eigenvalue weighted by Gasteiger charge is -2.15. The Morgan fingerprint density at radius 2 is 1.87 bits per heavy atom. The van der Waals surface area contributed by atoms with Crippen molar-refractivity contribution in [3.05, 3.63) is 35.9 Å². The minimum atomic E-state index is -1.04. The van der Waals surface area contributed by atoms with Crippen molar-refractivity contribution in [2.45, 2.75) is 16.2 Å². The van der Waals surface area contributed by atoms with Crippen molar-refractivity contribution in [1.29, 1.82) is 0 Å². The van der Waals surface area contributed by atoms with E-state index in [0.717, 1.165) is 5.56 Å². The molecule has 0 amide bonds. The molecule has 15 heavy (non-hydrogen) atoms. The largest absolute Gasteiger partial charge is 0.468 e. The quantitative estimate of drug-likeness (QED) is 0.591. The molecule has 0 bridgehead atoms. The summed E-state index contributed by atoms with van der Waals surface area (Å²) in [5, 5.41) is 0. The number of carbonyl (C=O) groups excluding carboxylic acids is 1. The Kier molecular flexibility index (Phi) is 2.44. The van der Waals surface area contributed by atoms with Gasteiger partial charge in [0.2, 0.25) is 0 Å². The maximum Gasteiger partial charge on any atom is 0.319 e. The summed E-state index contributed by atoms with van der Waals surface area (Å²) in [6.07, 6.45) is 0.403. The van der Waals surface area contributed by atoms with E-state index in [1.807, 2.05) is 30.3 Å². The topological polar surface area (TPSA) is 26.3 Å². The Morgan fingerprint density at radius 1 is 1.33 bits per heavy atom. The molecule has 1 fully saturated rings. The Labute approximate surface area is 98.1 Å². The van der Waals surface area contributed by atoms with Crippen molar-refractivity contribution in [1.82, 2.24) is 0 Å². The molecule has 0 unspecified atom stereocenters. The van der Waals surface area contributed by atoms with E-state index in [2.05, 4.69) is 0 Å². The summed E-state index contributed by atoms with van der Waals surface area (Å²) < 4.78 is 3.72. The molecule has 2 rings (SSSR count). The molecule has 0 aromatic heterocycles. The average molecular weight is 245 g/mol. The molecule has 0 saturated heterocycles. The van der Waals surface area contributed by atoms with Crippen LogP contribution in [0.15, 0.2) is 30.3 Å². The highest BCUT2D eigenvalue weighted by Gasteiger charge is 2.73. The van der Waals surface area contributed by atoms with Crippen molar-refractivity contribution in [2.24, 2.45) is 0 Å². The van der Waals surface area contributed by atoms with Crippen LogP contribution in [0.3, 0.4) is 0 Å². The number of carbonyl (C=O) groups is 1. The van der Waals surface area contributed by atoms with Crippen LogP contribution in [0.25, 0.3) is 0 Å². The van der Waals surface area contributed by atoms with E-state index in [-0.39, 0.29) is 5.97 Å². The number of hydrogen-bond acceptors (Lipinski definition) is 2. The summed E-state index contributed by atoms with van der Waals surface area (Å²) in [4.78, 5) is 11.7. The minimum Gasteiger partial charge on any atom is -0.468 e. The first-order valence-electron chi connectivity index (χ1n) is 4.56. The van der Waals surface area contributed by atoms with Crippen LogP contribution in [0, 0.1) is 0 Å². The van der Waals surface area contributed by atoms with E-state index in [4.69, 9.17) is 27.9 Å². The number of methoxy groups -OCH3 is 1. The van der Waals surface area contributed by atoms with Crippen molar-refractivity contribution in [3.8, 4) is 0 Å². The molecular weight excluding hydrogens is 235 g/mol. The molecule has 1 aliphatic carbocycles. The smallest absolute Gasteiger partial charge is 0.319 e. The normalized spacial score (nSPS) is 27.1. The molecule has 1 aromatic carbocycles. The van der Waals surface area contributed by atoms with Gasteiger partial charge in [-0.2, -0.15) is 0 Å². The van der Waals surface area contributed by atoms with Crippen LogP contribution >= 0.6 is 23.2 Å². The zero-order valence-corrected chi connectivity index (χ0v) is 9.68. The first-order valence-corrected chi connectivity index (χ1v) is 5.32. The van der Waals surface area contributed by atoms with Crippen molar-refractivity contribution in [2.75, 3.05) is 7.11 Å². The van der Waals surface area contributed by atoms with Gasteiger partial charge in [0.05, 0.1) is 7.11 Å².